The quantitative estimate of drug-likeness (QED) is 0.173. The molecule has 0 aliphatic carbocycles. The largest absolute Gasteiger partial charge is 0.489 e. The van der Waals surface area contributed by atoms with Crippen LogP contribution in [0.1, 0.15) is 18.4 Å². The van der Waals surface area contributed by atoms with Crippen LogP contribution in [0.15, 0.2) is 60.8 Å². The third-order valence-corrected chi connectivity index (χ3v) is 7.75. The van der Waals surface area contributed by atoms with E-state index in [9.17, 15) is 5.11 Å². The van der Waals surface area contributed by atoms with E-state index in [-0.39, 0.29) is 6.61 Å². The zero-order valence-corrected chi connectivity index (χ0v) is 24.6. The van der Waals surface area contributed by atoms with E-state index in [0.717, 1.165) is 62.3 Å². The van der Waals surface area contributed by atoms with E-state index in [0.29, 0.717) is 34.7 Å². The highest BCUT2D eigenvalue weighted by Crippen LogP contribution is 2.32. The molecule has 4 aromatic rings. The number of aliphatic hydroxyl groups excluding tert-OH is 1. The van der Waals surface area contributed by atoms with Crippen LogP contribution in [-0.4, -0.2) is 89.5 Å². The van der Waals surface area contributed by atoms with Crippen molar-refractivity contribution in [2.45, 2.75) is 25.6 Å². The van der Waals surface area contributed by atoms with E-state index in [1.165, 1.54) is 5.56 Å². The summed E-state index contributed by atoms with van der Waals surface area (Å²) < 4.78 is 5.74. The molecule has 41 heavy (non-hydrogen) atoms. The number of aromatic nitrogens is 3. The molecule has 3 heterocycles. The summed E-state index contributed by atoms with van der Waals surface area (Å²) in [6, 6.07) is 18.3. The fourth-order valence-corrected chi connectivity index (χ4v) is 5.28. The van der Waals surface area contributed by atoms with Crippen molar-refractivity contribution in [1.29, 1.82) is 0 Å². The number of pyridine rings is 1. The summed E-state index contributed by atoms with van der Waals surface area (Å²) in [6.07, 6.45) is 3.24. The highest BCUT2D eigenvalue weighted by molar-refractivity contribution is 6.34. The number of anilines is 1. The number of fused-ring (bicyclic) bond motifs is 1. The number of rotatable bonds is 13. The average Bonchev–Trinajstić information content (AvgIpc) is 3.42. The minimum absolute atomic E-state index is 0.168. The number of H-pyrrole nitrogens is 1. The number of halogens is 1. The van der Waals surface area contributed by atoms with Gasteiger partial charge in [0.2, 0.25) is 0 Å². The van der Waals surface area contributed by atoms with Gasteiger partial charge in [-0.2, -0.15) is 0 Å². The predicted octanol–water partition coefficient (Wildman–Crippen LogP) is 4.45. The smallest absolute Gasteiger partial charge is 0.159 e. The van der Waals surface area contributed by atoms with Gasteiger partial charge in [0.25, 0.3) is 0 Å². The lowest BCUT2D eigenvalue weighted by Gasteiger charge is -2.32. The molecule has 1 aliphatic rings. The molecule has 0 saturated carbocycles. The molecule has 0 bridgehead atoms. The van der Waals surface area contributed by atoms with Gasteiger partial charge in [-0.25, -0.2) is 9.97 Å². The van der Waals surface area contributed by atoms with E-state index in [1.54, 1.807) is 6.20 Å². The number of nitrogens with zero attached hydrogens (tertiary/aromatic N) is 4. The first-order valence-corrected chi connectivity index (χ1v) is 14.7. The zero-order valence-electron chi connectivity index (χ0n) is 23.8. The summed E-state index contributed by atoms with van der Waals surface area (Å²) in [5.74, 6) is 1.97. The van der Waals surface area contributed by atoms with Gasteiger partial charge < -0.3 is 25.0 Å². The molecule has 0 spiro atoms. The molecule has 1 atom stereocenters. The second kappa shape index (κ2) is 14.1. The molecule has 2 aromatic carbocycles. The first kappa shape index (κ1) is 29.3. The van der Waals surface area contributed by atoms with Crippen molar-refractivity contribution in [3.05, 3.63) is 71.4 Å². The number of hydrogen-bond donors (Lipinski definition) is 4. The van der Waals surface area contributed by atoms with Crippen LogP contribution in [0.4, 0.5) is 5.69 Å². The number of imidazole rings is 1. The maximum atomic E-state index is 10.1. The predicted molar refractivity (Wildman–Crippen MR) is 165 cm³/mol. The zero-order chi connectivity index (χ0) is 28.6. The van der Waals surface area contributed by atoms with Crippen molar-refractivity contribution in [3.8, 4) is 17.1 Å². The van der Waals surface area contributed by atoms with Crippen LogP contribution >= 0.6 is 11.6 Å². The van der Waals surface area contributed by atoms with Crippen molar-refractivity contribution in [2.75, 3.05) is 58.7 Å². The van der Waals surface area contributed by atoms with Crippen LogP contribution < -0.4 is 15.4 Å². The van der Waals surface area contributed by atoms with E-state index in [4.69, 9.17) is 21.3 Å². The maximum Gasteiger partial charge on any atom is 0.159 e. The van der Waals surface area contributed by atoms with E-state index in [2.05, 4.69) is 60.7 Å². The molecule has 0 amide bonds. The fourth-order valence-electron chi connectivity index (χ4n) is 5.07. The number of aromatic amines is 1. The number of nitrogens with one attached hydrogen (secondary N) is 3. The fraction of sp³-hybridized carbons (Fsp3) is 0.419. The van der Waals surface area contributed by atoms with Crippen molar-refractivity contribution in [1.82, 2.24) is 30.1 Å². The van der Waals surface area contributed by atoms with Crippen molar-refractivity contribution < 1.29 is 9.84 Å². The molecule has 218 valence electrons. The van der Waals surface area contributed by atoms with Gasteiger partial charge in [0.15, 0.2) is 5.65 Å². The van der Waals surface area contributed by atoms with Crippen molar-refractivity contribution in [2.24, 2.45) is 5.92 Å². The van der Waals surface area contributed by atoms with Crippen LogP contribution in [0.3, 0.4) is 0 Å². The molecule has 9 nitrogen and oxygen atoms in total. The standard InChI is InChI=1S/C31H40ClN7O2/c1-38(2)17-14-33-27(40)21-41-25-10-8-24(9-11-25)30-36-29-28(26(32)19-35-31(29)37-30)34-18-22-12-15-39(16-13-22)20-23-6-4-3-5-7-23/h3-11,19,22,27,33,40H,12-18,20-21H2,1-2H3,(H2,34,35,36,37). The van der Waals surface area contributed by atoms with Crippen LogP contribution in [0, 0.1) is 5.92 Å². The second-order valence-electron chi connectivity index (χ2n) is 11.0. The van der Waals surface area contributed by atoms with Gasteiger partial charge in [0.1, 0.15) is 29.9 Å². The third kappa shape index (κ3) is 8.18. The molecule has 10 heteroatoms. The molecule has 2 aromatic heterocycles. The monoisotopic (exact) mass is 577 g/mol. The van der Waals surface area contributed by atoms with Gasteiger partial charge in [0, 0.05) is 31.7 Å². The number of likely N-dealkylation sites (tertiary alicyclic amines) is 1. The van der Waals surface area contributed by atoms with Crippen molar-refractivity contribution >= 4 is 28.5 Å². The van der Waals surface area contributed by atoms with Crippen LogP contribution in [-0.2, 0) is 6.54 Å². The Labute approximate surface area is 246 Å². The summed E-state index contributed by atoms with van der Waals surface area (Å²) >= 11 is 6.59. The van der Waals surface area contributed by atoms with Crippen LogP contribution in [0.2, 0.25) is 5.02 Å². The summed E-state index contributed by atoms with van der Waals surface area (Å²) in [5, 5.41) is 17.3. The summed E-state index contributed by atoms with van der Waals surface area (Å²) in [5.41, 5.74) is 4.53. The number of piperidine rings is 1. The SMILES string of the molecule is CN(C)CCNC(O)COc1ccc(-c2nc3c(NCC4CCN(Cc5ccccc5)CC4)c(Cl)cnc3[nH]2)cc1. The Bertz CT molecular complexity index is 1370. The van der Waals surface area contributed by atoms with E-state index < -0.39 is 6.23 Å². The highest BCUT2D eigenvalue weighted by atomic mass is 35.5. The van der Waals surface area contributed by atoms with Gasteiger partial charge in [-0.1, -0.05) is 41.9 Å². The Morgan fingerprint density at radius 2 is 1.88 bits per heavy atom. The van der Waals surface area contributed by atoms with Crippen molar-refractivity contribution in [3.63, 3.8) is 0 Å². The second-order valence-corrected chi connectivity index (χ2v) is 11.4. The van der Waals surface area contributed by atoms with E-state index >= 15 is 0 Å². The van der Waals surface area contributed by atoms with Gasteiger partial charge in [-0.15, -0.1) is 0 Å². The molecule has 5 rings (SSSR count). The van der Waals surface area contributed by atoms with Gasteiger partial charge in [0.05, 0.1) is 16.9 Å². The average molecular weight is 578 g/mol. The molecule has 1 fully saturated rings. The van der Waals surface area contributed by atoms with E-state index in [1.807, 2.05) is 38.4 Å². The molecule has 1 aliphatic heterocycles. The Kier molecular flexibility index (Phi) is 10.1. The van der Waals surface area contributed by atoms with Crippen LogP contribution in [0.5, 0.6) is 5.75 Å². The number of hydrogen-bond acceptors (Lipinski definition) is 8. The maximum absolute atomic E-state index is 10.1. The molecule has 4 N–H and O–H groups in total. The lowest BCUT2D eigenvalue weighted by molar-refractivity contribution is 0.0776. The van der Waals surface area contributed by atoms with Gasteiger partial charge >= 0.3 is 0 Å². The van der Waals surface area contributed by atoms with Crippen LogP contribution in [0.25, 0.3) is 22.6 Å². The first-order valence-electron chi connectivity index (χ1n) is 14.3. The highest BCUT2D eigenvalue weighted by Gasteiger charge is 2.21. The molecule has 1 saturated heterocycles. The Balaban J connectivity index is 1.15. The number of ether oxygens (including phenoxy) is 1. The molecule has 1 unspecified atom stereocenters. The topological polar surface area (TPSA) is 102 Å². The number of aliphatic hydroxyl groups is 1. The van der Waals surface area contributed by atoms with Gasteiger partial charge in [-0.05, 0) is 75.8 Å². The summed E-state index contributed by atoms with van der Waals surface area (Å²) in [7, 11) is 3.99. The Morgan fingerprint density at radius 1 is 1.12 bits per heavy atom. The summed E-state index contributed by atoms with van der Waals surface area (Å²) in [4.78, 5) is 17.2. The molecular weight excluding hydrogens is 538 g/mol. The molecule has 0 radical (unpaired) electrons. The summed E-state index contributed by atoms with van der Waals surface area (Å²) in [6.45, 7) is 5.75. The first-order chi connectivity index (χ1) is 19.9. The molecular formula is C31H40ClN7O2. The normalized spacial score (nSPS) is 15.4. The lowest BCUT2D eigenvalue weighted by Crippen LogP contribution is -2.38. The Morgan fingerprint density at radius 3 is 2.61 bits per heavy atom. The minimum atomic E-state index is -0.728. The number of benzene rings is 2. The minimum Gasteiger partial charge on any atom is -0.489 e. The Hall–Kier alpha value is -3.21. The number of likely N-dealkylation sites (N-methyl/N-ethyl adjacent to an activating group) is 1. The lowest BCUT2D eigenvalue weighted by atomic mass is 9.96. The van der Waals surface area contributed by atoms with Gasteiger partial charge in [-0.3, -0.25) is 10.2 Å². The third-order valence-electron chi connectivity index (χ3n) is 7.47.